The number of carbonyl (C=O) groups is 1. The summed E-state index contributed by atoms with van der Waals surface area (Å²) in [4.78, 5) is 16.4. The summed E-state index contributed by atoms with van der Waals surface area (Å²) >= 11 is 0. The number of aromatic nitrogens is 5. The Kier molecular flexibility index (Phi) is 3.20. The quantitative estimate of drug-likeness (QED) is 0.843. The van der Waals surface area contributed by atoms with Crippen LogP contribution >= 0.6 is 0 Å². The van der Waals surface area contributed by atoms with Gasteiger partial charge >= 0.3 is 5.97 Å². The number of carbonyl (C=O) groups excluding carboxylic acids is 1. The van der Waals surface area contributed by atoms with Crippen molar-refractivity contribution in [1.82, 2.24) is 24.5 Å². The lowest BCUT2D eigenvalue weighted by molar-refractivity contribution is -0.136. The maximum atomic E-state index is 12.2. The van der Waals surface area contributed by atoms with E-state index < -0.39 is 0 Å². The second kappa shape index (κ2) is 5.04. The molecule has 1 unspecified atom stereocenters. The molecule has 3 heterocycles. The largest absolute Gasteiger partial charge is 0.466 e. The van der Waals surface area contributed by atoms with Crippen LogP contribution in [-0.4, -0.2) is 37.6 Å². The Hall–Kier alpha value is -2.64. The molecule has 0 saturated carbocycles. The van der Waals surface area contributed by atoms with Crippen LogP contribution in [0.25, 0.3) is 0 Å². The summed E-state index contributed by atoms with van der Waals surface area (Å²) in [5, 5.41) is 11.5. The molecule has 0 radical (unpaired) electrons. The average Bonchev–Trinajstić information content (AvgIpc) is 3.12. The van der Waals surface area contributed by atoms with Crippen molar-refractivity contribution in [2.24, 2.45) is 7.05 Å². The molecule has 0 saturated heterocycles. The summed E-state index contributed by atoms with van der Waals surface area (Å²) in [7, 11) is 3.20. The summed E-state index contributed by atoms with van der Waals surface area (Å²) in [6.07, 6.45) is 5.70. The highest BCUT2D eigenvalue weighted by Gasteiger charge is 2.35. The van der Waals surface area contributed by atoms with Gasteiger partial charge in [0.1, 0.15) is 12.4 Å². The first-order valence-corrected chi connectivity index (χ1v) is 6.62. The molecule has 2 aromatic rings. The van der Waals surface area contributed by atoms with Crippen LogP contribution in [0.5, 0.6) is 0 Å². The van der Waals surface area contributed by atoms with E-state index >= 15 is 0 Å². The molecule has 1 aliphatic rings. The first-order chi connectivity index (χ1) is 10.2. The van der Waals surface area contributed by atoms with Gasteiger partial charge in [0.15, 0.2) is 0 Å². The van der Waals surface area contributed by atoms with Gasteiger partial charge in [-0.15, -0.1) is 0 Å². The number of rotatable bonds is 3. The third-order valence-corrected chi connectivity index (χ3v) is 3.48. The summed E-state index contributed by atoms with van der Waals surface area (Å²) < 4.78 is 8.30. The lowest BCUT2D eigenvalue weighted by Gasteiger charge is -2.27. The van der Waals surface area contributed by atoms with E-state index in [-0.39, 0.29) is 12.0 Å². The fourth-order valence-electron chi connectivity index (χ4n) is 2.53. The standard InChI is InChI=1S/C13H16N6O2/c1-4-9-10(12(20)21-3)11(8-5-15-18(2)6-8)19-13(17-9)14-7-16-19/h5-7,11H,4H2,1-3H3,(H,14,16,17). The van der Waals surface area contributed by atoms with Crippen molar-refractivity contribution < 1.29 is 9.53 Å². The fourth-order valence-corrected chi connectivity index (χ4v) is 2.53. The van der Waals surface area contributed by atoms with Crippen molar-refractivity contribution in [1.29, 1.82) is 0 Å². The van der Waals surface area contributed by atoms with Crippen molar-refractivity contribution in [3.05, 3.63) is 35.6 Å². The number of fused-ring (bicyclic) bond motifs is 1. The summed E-state index contributed by atoms with van der Waals surface area (Å²) in [6.45, 7) is 1.97. The predicted octanol–water partition coefficient (Wildman–Crippen LogP) is 0.864. The maximum Gasteiger partial charge on any atom is 0.338 e. The van der Waals surface area contributed by atoms with Gasteiger partial charge < -0.3 is 10.1 Å². The molecule has 0 aromatic carbocycles. The van der Waals surface area contributed by atoms with Crippen LogP contribution in [-0.2, 0) is 16.6 Å². The molecule has 0 amide bonds. The molecule has 0 fully saturated rings. The second-order valence-corrected chi connectivity index (χ2v) is 4.74. The third kappa shape index (κ3) is 2.08. The first-order valence-electron chi connectivity index (χ1n) is 6.62. The normalized spacial score (nSPS) is 17.4. The van der Waals surface area contributed by atoms with E-state index in [4.69, 9.17) is 4.74 Å². The summed E-state index contributed by atoms with van der Waals surface area (Å²) in [6, 6.07) is -0.389. The number of esters is 1. The lowest BCUT2D eigenvalue weighted by Crippen LogP contribution is -2.29. The minimum atomic E-state index is -0.389. The van der Waals surface area contributed by atoms with Crippen molar-refractivity contribution in [2.45, 2.75) is 19.4 Å². The minimum Gasteiger partial charge on any atom is -0.466 e. The number of aryl methyl sites for hydroxylation is 1. The Morgan fingerprint density at radius 1 is 1.48 bits per heavy atom. The van der Waals surface area contributed by atoms with Gasteiger partial charge in [0.05, 0.1) is 18.9 Å². The number of ether oxygens (including phenoxy) is 1. The third-order valence-electron chi connectivity index (χ3n) is 3.48. The Morgan fingerprint density at radius 3 is 2.90 bits per heavy atom. The Balaban J connectivity index is 2.20. The zero-order valence-corrected chi connectivity index (χ0v) is 12.1. The van der Waals surface area contributed by atoms with E-state index in [1.807, 2.05) is 20.2 Å². The molecule has 21 heavy (non-hydrogen) atoms. The van der Waals surface area contributed by atoms with E-state index in [9.17, 15) is 4.79 Å². The smallest absolute Gasteiger partial charge is 0.338 e. The Morgan fingerprint density at radius 2 is 2.29 bits per heavy atom. The highest BCUT2D eigenvalue weighted by molar-refractivity contribution is 5.92. The number of anilines is 1. The molecule has 1 N–H and O–H groups in total. The van der Waals surface area contributed by atoms with Crippen LogP contribution < -0.4 is 5.32 Å². The number of hydrogen-bond acceptors (Lipinski definition) is 6. The van der Waals surface area contributed by atoms with Gasteiger partial charge in [0, 0.05) is 24.5 Å². The Labute approximate surface area is 121 Å². The SMILES string of the molecule is CCC1=C(C(=O)OC)C(c2cnn(C)c2)n2ncnc2N1. The summed E-state index contributed by atoms with van der Waals surface area (Å²) in [5.41, 5.74) is 2.18. The molecule has 0 aliphatic carbocycles. The van der Waals surface area contributed by atoms with Crippen LogP contribution in [0.2, 0.25) is 0 Å². The van der Waals surface area contributed by atoms with Gasteiger partial charge in [0.2, 0.25) is 5.95 Å². The highest BCUT2D eigenvalue weighted by Crippen LogP contribution is 2.35. The van der Waals surface area contributed by atoms with Gasteiger partial charge in [-0.2, -0.15) is 15.2 Å². The number of nitrogens with one attached hydrogen (secondary N) is 1. The number of hydrogen-bond donors (Lipinski definition) is 1. The number of allylic oxidation sites excluding steroid dienone is 1. The minimum absolute atomic E-state index is 0.380. The van der Waals surface area contributed by atoms with E-state index in [0.29, 0.717) is 17.9 Å². The van der Waals surface area contributed by atoms with Gasteiger partial charge in [-0.1, -0.05) is 6.92 Å². The first kappa shape index (κ1) is 13.3. The molecule has 8 nitrogen and oxygen atoms in total. The molecular formula is C13H16N6O2. The van der Waals surface area contributed by atoms with Gasteiger partial charge in [-0.3, -0.25) is 4.68 Å². The Bertz CT molecular complexity index is 714. The average molecular weight is 288 g/mol. The van der Waals surface area contributed by atoms with Crippen molar-refractivity contribution in [2.75, 3.05) is 12.4 Å². The molecule has 110 valence electrons. The van der Waals surface area contributed by atoms with Crippen molar-refractivity contribution in [3.8, 4) is 0 Å². The molecule has 0 bridgehead atoms. The van der Waals surface area contributed by atoms with Crippen molar-refractivity contribution in [3.63, 3.8) is 0 Å². The van der Waals surface area contributed by atoms with Crippen LogP contribution in [0.1, 0.15) is 24.9 Å². The molecule has 1 aliphatic heterocycles. The van der Waals surface area contributed by atoms with Gasteiger partial charge in [0.25, 0.3) is 0 Å². The molecule has 1 atom stereocenters. The highest BCUT2D eigenvalue weighted by atomic mass is 16.5. The van der Waals surface area contributed by atoms with Gasteiger partial charge in [-0.05, 0) is 6.42 Å². The lowest BCUT2D eigenvalue weighted by atomic mass is 9.97. The molecule has 0 spiro atoms. The van der Waals surface area contributed by atoms with Crippen LogP contribution in [0, 0.1) is 0 Å². The number of nitrogens with zero attached hydrogens (tertiary/aromatic N) is 5. The molecule has 2 aromatic heterocycles. The van der Waals surface area contributed by atoms with Crippen molar-refractivity contribution >= 4 is 11.9 Å². The van der Waals surface area contributed by atoms with Crippen LogP contribution in [0.3, 0.4) is 0 Å². The van der Waals surface area contributed by atoms with E-state index in [0.717, 1.165) is 11.3 Å². The second-order valence-electron chi connectivity index (χ2n) is 4.74. The van der Waals surface area contributed by atoms with E-state index in [1.165, 1.54) is 13.4 Å². The van der Waals surface area contributed by atoms with E-state index in [2.05, 4.69) is 20.5 Å². The van der Waals surface area contributed by atoms with Crippen LogP contribution in [0.4, 0.5) is 5.95 Å². The topological polar surface area (TPSA) is 86.9 Å². The molecular weight excluding hydrogens is 272 g/mol. The van der Waals surface area contributed by atoms with Crippen LogP contribution in [0.15, 0.2) is 30.0 Å². The van der Waals surface area contributed by atoms with E-state index in [1.54, 1.807) is 15.6 Å². The maximum absolute atomic E-state index is 12.2. The molecule has 8 heteroatoms. The zero-order chi connectivity index (χ0) is 15.0. The van der Waals surface area contributed by atoms with Gasteiger partial charge in [-0.25, -0.2) is 9.48 Å². The zero-order valence-electron chi connectivity index (χ0n) is 12.1. The number of methoxy groups -OCH3 is 1. The predicted molar refractivity (Wildman–Crippen MR) is 74.3 cm³/mol. The summed E-state index contributed by atoms with van der Waals surface area (Å²) in [5.74, 6) is 0.225. The monoisotopic (exact) mass is 288 g/mol. The fraction of sp³-hybridized carbons (Fsp3) is 0.385. The molecule has 3 rings (SSSR count).